The van der Waals surface area contributed by atoms with E-state index in [4.69, 9.17) is 9.15 Å². The third kappa shape index (κ3) is 3.80. The van der Waals surface area contributed by atoms with Crippen molar-refractivity contribution in [3.63, 3.8) is 0 Å². The van der Waals surface area contributed by atoms with Crippen LogP contribution in [0.15, 0.2) is 47.1 Å². The Labute approximate surface area is 160 Å². The summed E-state index contributed by atoms with van der Waals surface area (Å²) in [6.45, 7) is 4.92. The van der Waals surface area contributed by atoms with E-state index >= 15 is 0 Å². The zero-order valence-electron chi connectivity index (χ0n) is 16.0. The Morgan fingerprint density at radius 2 is 2.11 bits per heavy atom. The number of methoxy groups -OCH3 is 1. The minimum atomic E-state index is -0.190. The lowest BCUT2D eigenvalue weighted by atomic mass is 9.78. The van der Waals surface area contributed by atoms with Crippen LogP contribution in [0.2, 0.25) is 0 Å². The topological polar surface area (TPSA) is 45.9 Å². The number of carbonyl (C=O) groups is 1. The van der Waals surface area contributed by atoms with E-state index in [0.717, 1.165) is 56.8 Å². The average molecular weight is 368 g/mol. The van der Waals surface area contributed by atoms with Crippen molar-refractivity contribution in [2.45, 2.75) is 25.8 Å². The first kappa shape index (κ1) is 18.3. The molecule has 1 spiro atoms. The maximum Gasteiger partial charge on any atom is 0.230 e. The minimum absolute atomic E-state index is 0.190. The van der Waals surface area contributed by atoms with Crippen molar-refractivity contribution in [1.29, 1.82) is 0 Å². The monoisotopic (exact) mass is 368 g/mol. The molecule has 2 aromatic rings. The maximum absolute atomic E-state index is 13.1. The number of amides is 1. The molecule has 5 nitrogen and oxygen atoms in total. The molecule has 2 fully saturated rings. The molecule has 5 heteroatoms. The van der Waals surface area contributed by atoms with Crippen molar-refractivity contribution in [1.82, 2.24) is 9.80 Å². The third-order valence-electron chi connectivity index (χ3n) is 5.96. The molecule has 144 valence electrons. The highest BCUT2D eigenvalue weighted by atomic mass is 16.5. The van der Waals surface area contributed by atoms with Gasteiger partial charge in [0.2, 0.25) is 5.91 Å². The van der Waals surface area contributed by atoms with Gasteiger partial charge in [0.25, 0.3) is 0 Å². The van der Waals surface area contributed by atoms with E-state index in [9.17, 15) is 4.79 Å². The predicted molar refractivity (Wildman–Crippen MR) is 104 cm³/mol. The lowest BCUT2D eigenvalue weighted by Gasteiger charge is -2.39. The van der Waals surface area contributed by atoms with Gasteiger partial charge in [-0.05, 0) is 49.6 Å². The van der Waals surface area contributed by atoms with Gasteiger partial charge in [0.15, 0.2) is 0 Å². The van der Waals surface area contributed by atoms with Crippen LogP contribution in [-0.4, -0.2) is 55.6 Å². The summed E-state index contributed by atoms with van der Waals surface area (Å²) in [7, 11) is 1.69. The summed E-state index contributed by atoms with van der Waals surface area (Å²) in [4.78, 5) is 17.5. The van der Waals surface area contributed by atoms with Gasteiger partial charge in [-0.15, -0.1) is 0 Å². The van der Waals surface area contributed by atoms with Crippen LogP contribution in [0.25, 0.3) is 11.3 Å². The Morgan fingerprint density at radius 1 is 1.19 bits per heavy atom. The average Bonchev–Trinajstić information content (AvgIpc) is 3.35. The highest BCUT2D eigenvalue weighted by Crippen LogP contribution is 2.40. The van der Waals surface area contributed by atoms with E-state index in [1.54, 1.807) is 13.4 Å². The number of rotatable bonds is 6. The van der Waals surface area contributed by atoms with Crippen LogP contribution in [0.3, 0.4) is 0 Å². The number of likely N-dealkylation sites (tertiary alicyclic amines) is 2. The number of benzene rings is 1. The molecular weight excluding hydrogens is 340 g/mol. The van der Waals surface area contributed by atoms with Gasteiger partial charge in [0.05, 0.1) is 18.3 Å². The molecule has 2 aliphatic rings. The standard InChI is InChI=1S/C22H28N2O3/c1-26-14-12-24-10-4-8-22(21(24)25)9-11-23(17-22)16-18-5-2-6-19(15-18)20-7-3-13-27-20/h2-3,5-7,13,15H,4,8-12,14,16-17H2,1H3. The number of furan rings is 1. The van der Waals surface area contributed by atoms with Crippen molar-refractivity contribution in [2.24, 2.45) is 5.41 Å². The van der Waals surface area contributed by atoms with Gasteiger partial charge < -0.3 is 14.1 Å². The Kier molecular flexibility index (Phi) is 5.32. The fraction of sp³-hybridized carbons (Fsp3) is 0.500. The SMILES string of the molecule is COCCN1CCCC2(CCN(Cc3cccc(-c4ccco4)c3)C2)C1=O. The molecule has 27 heavy (non-hydrogen) atoms. The molecule has 0 radical (unpaired) electrons. The molecule has 0 aliphatic carbocycles. The third-order valence-corrected chi connectivity index (χ3v) is 5.96. The van der Waals surface area contributed by atoms with Gasteiger partial charge in [0, 0.05) is 38.9 Å². The van der Waals surface area contributed by atoms with Gasteiger partial charge in [-0.1, -0.05) is 18.2 Å². The number of piperidine rings is 1. The van der Waals surface area contributed by atoms with E-state index in [0.29, 0.717) is 19.1 Å². The summed E-state index contributed by atoms with van der Waals surface area (Å²) in [6, 6.07) is 12.4. The second-order valence-electron chi connectivity index (χ2n) is 7.81. The first-order valence-electron chi connectivity index (χ1n) is 9.84. The summed E-state index contributed by atoms with van der Waals surface area (Å²) in [5, 5.41) is 0. The van der Waals surface area contributed by atoms with Gasteiger partial charge in [0.1, 0.15) is 5.76 Å². The molecule has 2 saturated heterocycles. The first-order chi connectivity index (χ1) is 13.2. The molecule has 2 aliphatic heterocycles. The summed E-state index contributed by atoms with van der Waals surface area (Å²) in [5.41, 5.74) is 2.18. The van der Waals surface area contributed by atoms with E-state index < -0.39 is 0 Å². The zero-order valence-corrected chi connectivity index (χ0v) is 16.0. The summed E-state index contributed by atoms with van der Waals surface area (Å²) in [5.74, 6) is 1.23. The van der Waals surface area contributed by atoms with Crippen LogP contribution < -0.4 is 0 Å². The molecule has 0 bridgehead atoms. The van der Waals surface area contributed by atoms with Crippen LogP contribution in [0.1, 0.15) is 24.8 Å². The quantitative estimate of drug-likeness (QED) is 0.784. The number of nitrogens with zero attached hydrogens (tertiary/aromatic N) is 2. The highest BCUT2D eigenvalue weighted by Gasteiger charge is 2.47. The Bertz CT molecular complexity index is 774. The fourth-order valence-corrected chi connectivity index (χ4v) is 4.56. The molecule has 0 N–H and O–H groups in total. The molecule has 1 aromatic heterocycles. The first-order valence-corrected chi connectivity index (χ1v) is 9.84. The normalized spacial score (nSPS) is 23.4. The van der Waals surface area contributed by atoms with E-state index in [1.165, 1.54) is 5.56 Å². The minimum Gasteiger partial charge on any atom is -0.464 e. The lowest BCUT2D eigenvalue weighted by Crippen LogP contribution is -2.50. The van der Waals surface area contributed by atoms with Crippen molar-refractivity contribution < 1.29 is 13.9 Å². The molecule has 1 unspecified atom stereocenters. The molecule has 4 rings (SSSR count). The Balaban J connectivity index is 1.42. The molecule has 3 heterocycles. The van der Waals surface area contributed by atoms with Crippen molar-refractivity contribution >= 4 is 5.91 Å². The zero-order chi connectivity index (χ0) is 18.7. The van der Waals surface area contributed by atoms with E-state index in [-0.39, 0.29) is 5.41 Å². The van der Waals surface area contributed by atoms with Crippen LogP contribution in [0.5, 0.6) is 0 Å². The Hall–Kier alpha value is -2.11. The highest BCUT2D eigenvalue weighted by molar-refractivity contribution is 5.84. The predicted octanol–water partition coefficient (Wildman–Crippen LogP) is 3.41. The number of hydrogen-bond acceptors (Lipinski definition) is 4. The largest absolute Gasteiger partial charge is 0.464 e. The van der Waals surface area contributed by atoms with Crippen molar-refractivity contribution in [3.05, 3.63) is 48.2 Å². The van der Waals surface area contributed by atoms with E-state index in [2.05, 4.69) is 29.2 Å². The smallest absolute Gasteiger partial charge is 0.230 e. The van der Waals surface area contributed by atoms with Gasteiger partial charge in [-0.3, -0.25) is 9.69 Å². The summed E-state index contributed by atoms with van der Waals surface area (Å²) < 4.78 is 10.7. The molecule has 1 atom stereocenters. The van der Waals surface area contributed by atoms with Crippen LogP contribution in [-0.2, 0) is 16.1 Å². The number of carbonyl (C=O) groups excluding carboxylic acids is 1. The molecule has 0 saturated carbocycles. The van der Waals surface area contributed by atoms with Crippen LogP contribution in [0.4, 0.5) is 0 Å². The van der Waals surface area contributed by atoms with Crippen molar-refractivity contribution in [2.75, 3.05) is 39.9 Å². The summed E-state index contributed by atoms with van der Waals surface area (Å²) >= 11 is 0. The number of ether oxygens (including phenoxy) is 1. The fourth-order valence-electron chi connectivity index (χ4n) is 4.56. The maximum atomic E-state index is 13.1. The number of hydrogen-bond donors (Lipinski definition) is 0. The molecule has 1 aromatic carbocycles. The van der Waals surface area contributed by atoms with Crippen LogP contribution >= 0.6 is 0 Å². The lowest BCUT2D eigenvalue weighted by molar-refractivity contribution is -0.146. The van der Waals surface area contributed by atoms with E-state index in [1.807, 2.05) is 17.0 Å². The van der Waals surface area contributed by atoms with Gasteiger partial charge in [-0.25, -0.2) is 0 Å². The second-order valence-corrected chi connectivity index (χ2v) is 7.81. The molecule has 1 amide bonds. The van der Waals surface area contributed by atoms with Gasteiger partial charge >= 0.3 is 0 Å². The van der Waals surface area contributed by atoms with Gasteiger partial charge in [-0.2, -0.15) is 0 Å². The van der Waals surface area contributed by atoms with Crippen molar-refractivity contribution in [3.8, 4) is 11.3 Å². The molecular formula is C22H28N2O3. The van der Waals surface area contributed by atoms with Crippen LogP contribution in [0, 0.1) is 5.41 Å². The second kappa shape index (κ2) is 7.87. The Morgan fingerprint density at radius 3 is 2.93 bits per heavy atom. The summed E-state index contributed by atoms with van der Waals surface area (Å²) in [6.07, 6.45) is 4.78.